The first-order valence-electron chi connectivity index (χ1n) is 6.60. The molecule has 0 aliphatic carbocycles. The zero-order valence-corrected chi connectivity index (χ0v) is 14.7. The molecule has 0 saturated carbocycles. The lowest BCUT2D eigenvalue weighted by Gasteiger charge is -2.32. The topological polar surface area (TPSA) is 82.4 Å². The van der Waals surface area contributed by atoms with Gasteiger partial charge in [-0.05, 0) is 26.0 Å². The molecule has 0 aromatic heterocycles. The van der Waals surface area contributed by atoms with Crippen molar-refractivity contribution in [3.05, 3.63) is 28.6 Å². The third-order valence-corrected chi connectivity index (χ3v) is 5.90. The average Bonchev–Trinajstić information content (AvgIpc) is 2.45. The van der Waals surface area contributed by atoms with E-state index in [0.717, 1.165) is 8.61 Å². The first-order chi connectivity index (χ1) is 11.0. The Kier molecular flexibility index (Phi) is 7.69. The van der Waals surface area contributed by atoms with Crippen LogP contribution in [0.4, 0.5) is 26.3 Å². The highest BCUT2D eigenvalue weighted by Gasteiger charge is 2.46. The van der Waals surface area contributed by atoms with Gasteiger partial charge < -0.3 is 4.13 Å². The van der Waals surface area contributed by atoms with Gasteiger partial charge in [0, 0.05) is 0 Å². The fraction of sp³-hybridized carbons (Fsp3) is 0.636. The van der Waals surface area contributed by atoms with Crippen molar-refractivity contribution in [2.24, 2.45) is 0 Å². The number of quaternary nitrogens is 1. The van der Waals surface area contributed by atoms with Gasteiger partial charge in [0.25, 0.3) is 0 Å². The van der Waals surface area contributed by atoms with Crippen LogP contribution in [0.5, 0.6) is 0 Å². The molecule has 1 heterocycles. The summed E-state index contributed by atoms with van der Waals surface area (Å²) in [7, 11) is -13.4. The van der Waals surface area contributed by atoms with Crippen LogP contribution in [-0.4, -0.2) is 52.0 Å². The van der Waals surface area contributed by atoms with Crippen molar-refractivity contribution in [3.8, 4) is 0 Å². The maximum atomic E-state index is 11.4. The van der Waals surface area contributed by atoms with Gasteiger partial charge in [0.05, 0.1) is 19.3 Å². The minimum absolute atomic E-state index is 0.778. The number of hydrogen-bond acceptors (Lipinski definition) is 4. The molecular formula is C11H16F6N2O4S2. The van der Waals surface area contributed by atoms with E-state index >= 15 is 0 Å². The zero-order chi connectivity index (χ0) is 20.2. The second-order valence-corrected chi connectivity index (χ2v) is 8.14. The molecule has 6 nitrogen and oxygen atoms in total. The molecule has 0 N–H and O–H groups in total. The zero-order valence-electron chi connectivity index (χ0n) is 13.0. The fourth-order valence-electron chi connectivity index (χ4n) is 1.55. The summed E-state index contributed by atoms with van der Waals surface area (Å²) < 4.78 is 110. The van der Waals surface area contributed by atoms with Crippen molar-refractivity contribution < 1.29 is 47.7 Å². The van der Waals surface area contributed by atoms with Crippen molar-refractivity contribution in [2.75, 3.05) is 19.6 Å². The third kappa shape index (κ3) is 6.60. The molecule has 14 heteroatoms. The highest BCUT2D eigenvalue weighted by Crippen LogP contribution is 2.36. The largest absolute Gasteiger partial charge is 0.480 e. The lowest BCUT2D eigenvalue weighted by Crippen LogP contribution is -2.43. The molecule has 0 aromatic carbocycles. The number of nitrogens with zero attached hydrogens (tertiary/aromatic N) is 2. The van der Waals surface area contributed by atoms with E-state index in [0.29, 0.717) is 0 Å². The Morgan fingerprint density at radius 2 is 1.28 bits per heavy atom. The summed E-state index contributed by atoms with van der Waals surface area (Å²) in [6.07, 6.45) is 8.81. The molecule has 1 aliphatic rings. The van der Waals surface area contributed by atoms with Crippen LogP contribution >= 0.6 is 0 Å². The number of sulfonamides is 2. The van der Waals surface area contributed by atoms with Gasteiger partial charge in [-0.25, -0.2) is 16.8 Å². The molecule has 25 heavy (non-hydrogen) atoms. The second-order valence-electron chi connectivity index (χ2n) is 4.72. The number of hydrogen-bond donors (Lipinski definition) is 0. The van der Waals surface area contributed by atoms with E-state index in [2.05, 4.69) is 38.3 Å². The molecule has 148 valence electrons. The van der Waals surface area contributed by atoms with Crippen molar-refractivity contribution in [1.29, 1.82) is 0 Å². The molecule has 0 fully saturated rings. The molecular weight excluding hydrogens is 402 g/mol. The summed E-state index contributed by atoms with van der Waals surface area (Å²) in [4.78, 5) is 0. The van der Waals surface area contributed by atoms with E-state index in [9.17, 15) is 43.2 Å². The first kappa shape index (κ1) is 23.9. The molecule has 0 bridgehead atoms. The number of halogens is 6. The monoisotopic (exact) mass is 418 g/mol. The summed E-state index contributed by atoms with van der Waals surface area (Å²) in [5.74, 6) is 0. The number of likely N-dealkylation sites (N-methyl/N-ethyl adjacent to an activating group) is 1. The lowest BCUT2D eigenvalue weighted by molar-refractivity contribution is -0.870. The van der Waals surface area contributed by atoms with Crippen LogP contribution in [0, 0.1) is 0 Å². The molecule has 0 amide bonds. The predicted molar refractivity (Wildman–Crippen MR) is 77.8 cm³/mol. The highest BCUT2D eigenvalue weighted by molar-refractivity contribution is 8.13. The Morgan fingerprint density at radius 1 is 0.880 bits per heavy atom. The Hall–Kier alpha value is -1.12. The van der Waals surface area contributed by atoms with Gasteiger partial charge in [0.2, 0.25) is 0 Å². The number of alkyl halides is 6. The number of rotatable bonds is 4. The third-order valence-electron chi connectivity index (χ3n) is 3.16. The minimum Gasteiger partial charge on any atom is -0.421 e. The summed E-state index contributed by atoms with van der Waals surface area (Å²) in [6, 6.07) is 0. The van der Waals surface area contributed by atoms with Gasteiger partial charge in [-0.1, -0.05) is 6.08 Å². The molecule has 0 unspecified atom stereocenters. The molecule has 0 saturated heterocycles. The maximum absolute atomic E-state index is 11.4. The van der Waals surface area contributed by atoms with Gasteiger partial charge in [-0.2, -0.15) is 26.3 Å². The Morgan fingerprint density at radius 3 is 1.48 bits per heavy atom. The molecule has 1 rings (SSSR count). The molecule has 0 radical (unpaired) electrons. The van der Waals surface area contributed by atoms with Crippen LogP contribution in [0.1, 0.15) is 13.8 Å². The van der Waals surface area contributed by atoms with E-state index in [1.807, 2.05) is 0 Å². The van der Waals surface area contributed by atoms with Crippen molar-refractivity contribution in [2.45, 2.75) is 24.9 Å². The normalized spacial score (nSPS) is 17.8. The fourth-order valence-corrected chi connectivity index (χ4v) is 3.26. The van der Waals surface area contributed by atoms with Crippen LogP contribution in [-0.2, 0) is 20.0 Å². The van der Waals surface area contributed by atoms with Crippen LogP contribution < -0.4 is 0 Å². The Bertz CT molecular complexity index is 662. The van der Waals surface area contributed by atoms with Gasteiger partial charge in [0.1, 0.15) is 6.54 Å². The van der Waals surface area contributed by atoms with Crippen LogP contribution in [0.2, 0.25) is 0 Å². The van der Waals surface area contributed by atoms with Crippen molar-refractivity contribution in [3.63, 3.8) is 0 Å². The van der Waals surface area contributed by atoms with Gasteiger partial charge in [-0.15, -0.1) is 0 Å². The summed E-state index contributed by atoms with van der Waals surface area (Å²) >= 11 is 0. The lowest BCUT2D eigenvalue weighted by atomic mass is 10.3. The van der Waals surface area contributed by atoms with Crippen molar-refractivity contribution >= 4 is 20.0 Å². The van der Waals surface area contributed by atoms with E-state index < -0.39 is 31.1 Å². The predicted octanol–water partition coefficient (Wildman–Crippen LogP) is 2.99. The van der Waals surface area contributed by atoms with Crippen LogP contribution in [0.3, 0.4) is 0 Å². The summed E-state index contributed by atoms with van der Waals surface area (Å²) in [5, 5.41) is 0. The van der Waals surface area contributed by atoms with Gasteiger partial charge >= 0.3 is 11.0 Å². The van der Waals surface area contributed by atoms with Crippen molar-refractivity contribution in [1.82, 2.24) is 0 Å². The molecule has 1 aliphatic heterocycles. The van der Waals surface area contributed by atoms with Crippen LogP contribution in [0.25, 0.3) is 4.13 Å². The summed E-state index contributed by atoms with van der Waals surface area (Å²) in [6.45, 7) is 8.07. The quantitative estimate of drug-likeness (QED) is 0.519. The van der Waals surface area contributed by atoms with E-state index in [-0.39, 0.29) is 0 Å². The van der Waals surface area contributed by atoms with E-state index in [4.69, 9.17) is 0 Å². The molecule has 0 aromatic rings. The van der Waals surface area contributed by atoms with Crippen LogP contribution in [0.15, 0.2) is 24.4 Å². The van der Waals surface area contributed by atoms with Gasteiger partial charge in [0.15, 0.2) is 20.0 Å². The van der Waals surface area contributed by atoms with E-state index in [1.165, 1.54) is 19.6 Å². The number of allylic oxidation sites excluding steroid dienone is 2. The highest BCUT2D eigenvalue weighted by atomic mass is 32.3. The maximum Gasteiger partial charge on any atom is 0.480 e. The molecule has 0 atom stereocenters. The van der Waals surface area contributed by atoms with E-state index in [1.54, 1.807) is 0 Å². The average molecular weight is 418 g/mol. The SMILES string of the molecule is CC[N+]1(CC)C=CC=CC1.O=S(=O)([N-]S(=O)(=O)C(F)(F)F)C(F)(F)F. The van der Waals surface area contributed by atoms with Gasteiger partial charge in [-0.3, -0.25) is 4.48 Å². The minimum atomic E-state index is -6.72. The second kappa shape index (κ2) is 8.05. The standard InChI is InChI=1S/C9H16N.C2F6NO4S2/c1-3-10(4-2)8-6-5-7-9-10;3-1(4,5)14(10,11)9-15(12,13)2(6,7)8/h5-8H,3-4,9H2,1-2H3;/q+1;-1. The Balaban J connectivity index is 0.000000496. The summed E-state index contributed by atoms with van der Waals surface area (Å²) in [5.41, 5.74) is -12.4. The first-order valence-corrected chi connectivity index (χ1v) is 9.48. The molecule has 0 spiro atoms. The Labute approximate surface area is 141 Å². The smallest absolute Gasteiger partial charge is 0.421 e.